The normalized spacial score (nSPS) is 15.2. The van der Waals surface area contributed by atoms with Gasteiger partial charge in [-0.15, -0.1) is 0 Å². The third-order valence-electron chi connectivity index (χ3n) is 5.87. The lowest BCUT2D eigenvalue weighted by Gasteiger charge is -2.20. The minimum atomic E-state index is -0.0446. The third-order valence-corrected chi connectivity index (χ3v) is 5.87. The third kappa shape index (κ3) is 4.60. The summed E-state index contributed by atoms with van der Waals surface area (Å²) in [4.78, 5) is 25.7. The van der Waals surface area contributed by atoms with Crippen molar-refractivity contribution in [2.75, 3.05) is 37.9 Å². The number of carbonyl (C=O) groups excluding carboxylic acids is 1. The van der Waals surface area contributed by atoms with Crippen LogP contribution in [-0.4, -0.2) is 55.9 Å². The zero-order valence-corrected chi connectivity index (χ0v) is 18.8. The maximum absolute atomic E-state index is 12.8. The Hall–Kier alpha value is -3.39. The predicted octanol–water partition coefficient (Wildman–Crippen LogP) is 2.13. The SMILES string of the molecule is Bc1ccc2cc1COCCCCN(C)C(=O)c1ccc(c(N)c1)-c1ccnc(n1)N2C. The number of hydrogen-bond acceptors (Lipinski definition) is 6. The minimum absolute atomic E-state index is 0.0446. The fourth-order valence-corrected chi connectivity index (χ4v) is 3.78. The van der Waals surface area contributed by atoms with Gasteiger partial charge in [-0.2, -0.15) is 0 Å². The molecule has 32 heavy (non-hydrogen) atoms. The number of benzene rings is 2. The number of rotatable bonds is 0. The summed E-state index contributed by atoms with van der Waals surface area (Å²) in [7, 11) is 5.84. The van der Waals surface area contributed by atoms with Gasteiger partial charge in [-0.1, -0.05) is 11.5 Å². The standard InChI is InChI=1S/C24H28BN5O2/c1-29-11-3-4-12-32-15-17-13-18(6-8-20(17)25)30(2)24-27-10-9-22(28-24)19-7-5-16(23(29)31)14-21(19)26/h5-10,13-14H,3-4,11-12,15,25-26H2,1-2H3. The van der Waals surface area contributed by atoms with E-state index >= 15 is 0 Å². The fraction of sp³-hybridized carbons (Fsp3) is 0.292. The Kier molecular flexibility index (Phi) is 6.41. The van der Waals surface area contributed by atoms with Gasteiger partial charge in [0.15, 0.2) is 0 Å². The molecule has 0 saturated carbocycles. The van der Waals surface area contributed by atoms with Crippen LogP contribution in [0.1, 0.15) is 28.8 Å². The second kappa shape index (κ2) is 9.40. The zero-order chi connectivity index (χ0) is 22.7. The summed E-state index contributed by atoms with van der Waals surface area (Å²) in [6, 6.07) is 13.5. The molecule has 0 saturated heterocycles. The molecule has 2 aromatic carbocycles. The molecule has 7 nitrogen and oxygen atoms in total. The molecule has 5 rings (SSSR count). The van der Waals surface area contributed by atoms with E-state index in [0.717, 1.165) is 29.7 Å². The summed E-state index contributed by atoms with van der Waals surface area (Å²) in [5.74, 6) is 0.521. The highest BCUT2D eigenvalue weighted by Crippen LogP contribution is 2.28. The molecule has 0 spiro atoms. The molecule has 8 heteroatoms. The topological polar surface area (TPSA) is 84.6 Å². The van der Waals surface area contributed by atoms with Gasteiger partial charge in [0.2, 0.25) is 5.95 Å². The molecule has 0 radical (unpaired) electrons. The van der Waals surface area contributed by atoms with Crippen molar-refractivity contribution in [2.45, 2.75) is 19.4 Å². The van der Waals surface area contributed by atoms with Crippen molar-refractivity contribution in [3.8, 4) is 11.3 Å². The maximum atomic E-state index is 12.8. The number of amides is 1. The van der Waals surface area contributed by atoms with Gasteiger partial charge in [0.25, 0.3) is 5.91 Å². The second-order valence-electron chi connectivity index (χ2n) is 8.20. The number of nitrogens with zero attached hydrogens (tertiary/aromatic N) is 4. The molecule has 2 N–H and O–H groups in total. The molecule has 3 aromatic rings. The van der Waals surface area contributed by atoms with Gasteiger partial charge in [-0.05, 0) is 54.8 Å². The molecule has 6 bridgehead atoms. The largest absolute Gasteiger partial charge is 0.398 e. The van der Waals surface area contributed by atoms with E-state index in [2.05, 4.69) is 31.0 Å². The molecule has 0 unspecified atom stereocenters. The van der Waals surface area contributed by atoms with E-state index in [0.29, 0.717) is 42.7 Å². The molecular formula is C24H28BN5O2. The van der Waals surface area contributed by atoms with Crippen molar-refractivity contribution in [1.82, 2.24) is 14.9 Å². The van der Waals surface area contributed by atoms with Gasteiger partial charge in [0, 0.05) is 55.9 Å². The highest BCUT2D eigenvalue weighted by molar-refractivity contribution is 6.33. The van der Waals surface area contributed by atoms with Crippen LogP contribution in [0.15, 0.2) is 48.7 Å². The van der Waals surface area contributed by atoms with E-state index in [1.54, 1.807) is 23.2 Å². The Morgan fingerprint density at radius 3 is 2.75 bits per heavy atom. The lowest BCUT2D eigenvalue weighted by Crippen LogP contribution is -2.28. The monoisotopic (exact) mass is 429 g/mol. The van der Waals surface area contributed by atoms with Crippen LogP contribution in [0.25, 0.3) is 11.3 Å². The second-order valence-corrected chi connectivity index (χ2v) is 8.20. The van der Waals surface area contributed by atoms with Crippen molar-refractivity contribution < 1.29 is 9.53 Å². The molecule has 1 amide bonds. The lowest BCUT2D eigenvalue weighted by molar-refractivity contribution is 0.0780. The summed E-state index contributed by atoms with van der Waals surface area (Å²) in [5, 5.41) is 0. The number of fused-ring (bicyclic) bond motifs is 9. The fourth-order valence-electron chi connectivity index (χ4n) is 3.78. The van der Waals surface area contributed by atoms with Gasteiger partial charge >= 0.3 is 0 Å². The Balaban J connectivity index is 1.75. The highest BCUT2D eigenvalue weighted by atomic mass is 16.5. The van der Waals surface area contributed by atoms with E-state index in [1.165, 1.54) is 5.46 Å². The van der Waals surface area contributed by atoms with Crippen molar-refractivity contribution in [2.24, 2.45) is 0 Å². The van der Waals surface area contributed by atoms with Gasteiger partial charge in [0.1, 0.15) is 7.85 Å². The highest BCUT2D eigenvalue weighted by Gasteiger charge is 2.16. The number of carbonyl (C=O) groups is 1. The Bertz CT molecular complexity index is 1140. The number of ether oxygens (including phenoxy) is 1. The number of nitrogens with two attached hydrogens (primary N) is 1. The van der Waals surface area contributed by atoms with E-state index in [9.17, 15) is 4.79 Å². The van der Waals surface area contributed by atoms with Crippen LogP contribution < -0.4 is 16.1 Å². The molecule has 0 atom stereocenters. The van der Waals surface area contributed by atoms with Crippen LogP contribution in [0.5, 0.6) is 0 Å². The summed E-state index contributed by atoms with van der Waals surface area (Å²) in [6.07, 6.45) is 3.48. The van der Waals surface area contributed by atoms with Crippen LogP contribution >= 0.6 is 0 Å². The number of aromatic nitrogens is 2. The number of nitrogen functional groups attached to an aromatic ring is 1. The van der Waals surface area contributed by atoms with Crippen LogP contribution in [0.2, 0.25) is 0 Å². The molecule has 0 aliphatic carbocycles. The molecule has 2 aliphatic heterocycles. The Morgan fingerprint density at radius 1 is 1.09 bits per heavy atom. The number of anilines is 3. The molecular weight excluding hydrogens is 401 g/mol. The molecule has 164 valence electrons. The Morgan fingerprint density at radius 2 is 1.94 bits per heavy atom. The summed E-state index contributed by atoms with van der Waals surface area (Å²) in [5.41, 5.74) is 12.2. The quantitative estimate of drug-likeness (QED) is 0.436. The molecule has 0 fully saturated rings. The predicted molar refractivity (Wildman–Crippen MR) is 130 cm³/mol. The van der Waals surface area contributed by atoms with Crippen molar-refractivity contribution in [3.63, 3.8) is 0 Å². The summed E-state index contributed by atoms with van der Waals surface area (Å²) < 4.78 is 5.92. The smallest absolute Gasteiger partial charge is 0.253 e. The van der Waals surface area contributed by atoms with Crippen LogP contribution in [0.4, 0.5) is 17.3 Å². The van der Waals surface area contributed by atoms with Crippen molar-refractivity contribution in [1.29, 1.82) is 0 Å². The van der Waals surface area contributed by atoms with E-state index in [4.69, 9.17) is 15.5 Å². The molecule has 2 aliphatic rings. The van der Waals surface area contributed by atoms with Crippen molar-refractivity contribution in [3.05, 3.63) is 59.8 Å². The van der Waals surface area contributed by atoms with Gasteiger partial charge in [-0.25, -0.2) is 9.97 Å². The van der Waals surface area contributed by atoms with E-state index < -0.39 is 0 Å². The van der Waals surface area contributed by atoms with E-state index in [-0.39, 0.29) is 5.91 Å². The minimum Gasteiger partial charge on any atom is -0.398 e. The number of hydrogen-bond donors (Lipinski definition) is 1. The molecule has 1 aromatic heterocycles. The summed E-state index contributed by atoms with van der Waals surface area (Å²) in [6.45, 7) is 1.86. The lowest BCUT2D eigenvalue weighted by atomic mass is 9.90. The maximum Gasteiger partial charge on any atom is 0.253 e. The van der Waals surface area contributed by atoms with Gasteiger partial charge < -0.3 is 20.3 Å². The van der Waals surface area contributed by atoms with Crippen molar-refractivity contribution >= 4 is 36.5 Å². The van der Waals surface area contributed by atoms with Crippen LogP contribution in [0.3, 0.4) is 0 Å². The first-order valence-corrected chi connectivity index (χ1v) is 10.8. The first-order chi connectivity index (χ1) is 15.4. The first kappa shape index (κ1) is 21.8. The van der Waals surface area contributed by atoms with Crippen LogP contribution in [0, 0.1) is 0 Å². The first-order valence-electron chi connectivity index (χ1n) is 10.8. The average molecular weight is 429 g/mol. The van der Waals surface area contributed by atoms with Gasteiger partial charge in [0.05, 0.1) is 12.3 Å². The van der Waals surface area contributed by atoms with Gasteiger partial charge in [-0.3, -0.25) is 4.79 Å². The zero-order valence-electron chi connectivity index (χ0n) is 18.8. The van der Waals surface area contributed by atoms with Crippen LogP contribution in [-0.2, 0) is 11.3 Å². The molecule has 3 heterocycles. The summed E-state index contributed by atoms with van der Waals surface area (Å²) >= 11 is 0. The van der Waals surface area contributed by atoms with E-state index in [1.807, 2.05) is 31.1 Å². The average Bonchev–Trinajstić information content (AvgIpc) is 2.80. The Labute approximate surface area is 189 Å².